The minimum absolute atomic E-state index is 0.146. The van der Waals surface area contributed by atoms with Crippen LogP contribution in [-0.4, -0.2) is 36.7 Å². The topological polar surface area (TPSA) is 27.7 Å². The monoisotopic (exact) mass is 366 g/mol. The predicted octanol–water partition coefficient (Wildman–Crippen LogP) is 4.53. The SMILES string of the molecule is CCO[Si](OCC)(OCC)C(C)/C=C(/C)[Si](C)(C)c1ccccc1. The molecule has 0 saturated heterocycles. The molecule has 1 rings (SSSR count). The summed E-state index contributed by atoms with van der Waals surface area (Å²) >= 11 is 0. The van der Waals surface area contributed by atoms with E-state index in [-0.39, 0.29) is 5.54 Å². The fourth-order valence-corrected chi connectivity index (χ4v) is 7.91. The smallest absolute Gasteiger partial charge is 0.373 e. The van der Waals surface area contributed by atoms with Crippen molar-refractivity contribution in [2.24, 2.45) is 0 Å². The van der Waals surface area contributed by atoms with E-state index in [2.05, 4.69) is 63.3 Å². The van der Waals surface area contributed by atoms with Crippen LogP contribution in [0.4, 0.5) is 0 Å². The van der Waals surface area contributed by atoms with E-state index in [4.69, 9.17) is 13.3 Å². The van der Waals surface area contributed by atoms with Crippen molar-refractivity contribution in [3.63, 3.8) is 0 Å². The van der Waals surface area contributed by atoms with Crippen molar-refractivity contribution in [2.45, 2.75) is 53.3 Å². The molecule has 0 aliphatic heterocycles. The summed E-state index contributed by atoms with van der Waals surface area (Å²) in [6.45, 7) is 17.1. The van der Waals surface area contributed by atoms with E-state index < -0.39 is 16.9 Å². The first kappa shape index (κ1) is 21.3. The van der Waals surface area contributed by atoms with Gasteiger partial charge < -0.3 is 13.3 Å². The number of benzene rings is 1. The predicted molar refractivity (Wildman–Crippen MR) is 107 cm³/mol. The molecule has 0 spiro atoms. The summed E-state index contributed by atoms with van der Waals surface area (Å²) in [4.78, 5) is 0. The van der Waals surface area contributed by atoms with Crippen molar-refractivity contribution in [1.29, 1.82) is 0 Å². The Kier molecular flexibility index (Phi) is 8.60. The van der Waals surface area contributed by atoms with Crippen molar-refractivity contribution in [3.05, 3.63) is 41.6 Å². The van der Waals surface area contributed by atoms with Gasteiger partial charge in [-0.1, -0.05) is 66.8 Å². The van der Waals surface area contributed by atoms with E-state index >= 15 is 0 Å². The second-order valence-electron chi connectivity index (χ2n) is 6.53. The summed E-state index contributed by atoms with van der Waals surface area (Å²) < 4.78 is 18.2. The molecule has 0 aromatic heterocycles. The summed E-state index contributed by atoms with van der Waals surface area (Å²) in [5.41, 5.74) is 0.146. The van der Waals surface area contributed by atoms with Gasteiger partial charge in [0.25, 0.3) is 0 Å². The standard InChI is InChI=1S/C19H34O3Si2/c1-8-20-24(21-9-2,22-10-3)18(5)16-17(4)23(6,7)19-14-12-11-13-15-19/h11-16,18H,8-10H2,1-7H3/b17-16-. The Bertz CT molecular complexity index is 498. The zero-order valence-corrected chi connectivity index (χ0v) is 18.4. The molecule has 0 bridgehead atoms. The van der Waals surface area contributed by atoms with Gasteiger partial charge in [-0.25, -0.2) is 0 Å². The maximum Gasteiger partial charge on any atom is 0.507 e. The van der Waals surface area contributed by atoms with Crippen LogP contribution in [-0.2, 0) is 13.3 Å². The zero-order valence-electron chi connectivity index (χ0n) is 16.4. The van der Waals surface area contributed by atoms with Gasteiger partial charge in [-0.05, 0) is 27.7 Å². The molecule has 0 fully saturated rings. The van der Waals surface area contributed by atoms with Crippen molar-refractivity contribution >= 4 is 22.1 Å². The molecule has 24 heavy (non-hydrogen) atoms. The fraction of sp³-hybridized carbons (Fsp3) is 0.579. The van der Waals surface area contributed by atoms with E-state index in [1.165, 1.54) is 10.4 Å². The van der Waals surface area contributed by atoms with Gasteiger partial charge in [-0.15, -0.1) is 0 Å². The summed E-state index contributed by atoms with van der Waals surface area (Å²) in [6, 6.07) is 10.8. The van der Waals surface area contributed by atoms with Crippen LogP contribution in [0.3, 0.4) is 0 Å². The molecular weight excluding hydrogens is 332 g/mol. The van der Waals surface area contributed by atoms with E-state index in [1.807, 2.05) is 20.8 Å². The molecule has 1 atom stereocenters. The Morgan fingerprint density at radius 2 is 1.42 bits per heavy atom. The Morgan fingerprint density at radius 1 is 0.958 bits per heavy atom. The zero-order chi connectivity index (χ0) is 18.2. The van der Waals surface area contributed by atoms with Crippen LogP contribution in [0.2, 0.25) is 18.6 Å². The second kappa shape index (κ2) is 9.68. The van der Waals surface area contributed by atoms with Gasteiger partial charge in [-0.2, -0.15) is 0 Å². The van der Waals surface area contributed by atoms with Gasteiger partial charge >= 0.3 is 8.80 Å². The molecule has 5 heteroatoms. The van der Waals surface area contributed by atoms with Gasteiger partial charge in [0.05, 0.1) is 0 Å². The van der Waals surface area contributed by atoms with Gasteiger partial charge in [0, 0.05) is 25.4 Å². The Balaban J connectivity index is 3.13. The van der Waals surface area contributed by atoms with Gasteiger partial charge in [0.1, 0.15) is 8.07 Å². The Hall–Kier alpha value is -0.726. The number of hydrogen-bond acceptors (Lipinski definition) is 3. The van der Waals surface area contributed by atoms with E-state index in [1.54, 1.807) is 0 Å². The van der Waals surface area contributed by atoms with Crippen LogP contribution in [0.5, 0.6) is 0 Å². The second-order valence-corrected chi connectivity index (χ2v) is 14.1. The molecule has 1 aromatic carbocycles. The summed E-state index contributed by atoms with van der Waals surface area (Å²) in [5.74, 6) is 0. The average molecular weight is 367 g/mol. The van der Waals surface area contributed by atoms with E-state index in [0.717, 1.165) is 0 Å². The first-order valence-electron chi connectivity index (χ1n) is 9.00. The fourth-order valence-electron chi connectivity index (χ4n) is 2.89. The van der Waals surface area contributed by atoms with Crippen LogP contribution in [0.25, 0.3) is 0 Å². The normalized spacial score (nSPS) is 14.7. The molecular formula is C19H34O3Si2. The summed E-state index contributed by atoms with van der Waals surface area (Å²) in [5, 5.41) is 2.89. The van der Waals surface area contributed by atoms with Gasteiger partial charge in [-0.3, -0.25) is 0 Å². The highest BCUT2D eigenvalue weighted by Gasteiger charge is 2.46. The molecule has 0 radical (unpaired) electrons. The highest BCUT2D eigenvalue weighted by Crippen LogP contribution is 2.30. The first-order valence-corrected chi connectivity index (χ1v) is 13.8. The molecule has 0 heterocycles. The van der Waals surface area contributed by atoms with Gasteiger partial charge in [0.2, 0.25) is 0 Å². The molecule has 0 saturated carbocycles. The van der Waals surface area contributed by atoms with Crippen molar-refractivity contribution in [2.75, 3.05) is 19.8 Å². The molecule has 0 aliphatic rings. The minimum Gasteiger partial charge on any atom is -0.373 e. The molecule has 0 amide bonds. The lowest BCUT2D eigenvalue weighted by molar-refractivity contribution is 0.0666. The number of allylic oxidation sites excluding steroid dienone is 2. The average Bonchev–Trinajstić information content (AvgIpc) is 2.56. The molecule has 1 unspecified atom stereocenters. The summed E-state index contributed by atoms with van der Waals surface area (Å²) in [7, 11) is -4.37. The lowest BCUT2D eigenvalue weighted by Gasteiger charge is -2.33. The Morgan fingerprint density at radius 3 is 1.83 bits per heavy atom. The summed E-state index contributed by atoms with van der Waals surface area (Å²) in [6.07, 6.45) is 2.34. The van der Waals surface area contributed by atoms with Crippen LogP contribution in [0.15, 0.2) is 41.6 Å². The first-order chi connectivity index (χ1) is 11.3. The largest absolute Gasteiger partial charge is 0.507 e. The van der Waals surface area contributed by atoms with Crippen LogP contribution >= 0.6 is 0 Å². The van der Waals surface area contributed by atoms with E-state index in [0.29, 0.717) is 19.8 Å². The minimum atomic E-state index is -2.70. The highest BCUT2D eigenvalue weighted by molar-refractivity contribution is 6.95. The third-order valence-electron chi connectivity index (χ3n) is 4.58. The van der Waals surface area contributed by atoms with Crippen LogP contribution in [0, 0.1) is 0 Å². The highest BCUT2D eigenvalue weighted by atomic mass is 28.4. The molecule has 136 valence electrons. The molecule has 0 N–H and O–H groups in total. The maximum absolute atomic E-state index is 6.06. The van der Waals surface area contributed by atoms with Crippen molar-refractivity contribution in [1.82, 2.24) is 0 Å². The lowest BCUT2D eigenvalue weighted by Crippen LogP contribution is -2.50. The molecule has 3 nitrogen and oxygen atoms in total. The number of rotatable bonds is 10. The quantitative estimate of drug-likeness (QED) is 0.570. The third kappa shape index (κ3) is 5.13. The van der Waals surface area contributed by atoms with E-state index in [9.17, 15) is 0 Å². The van der Waals surface area contributed by atoms with Crippen LogP contribution in [0.1, 0.15) is 34.6 Å². The number of hydrogen-bond donors (Lipinski definition) is 0. The van der Waals surface area contributed by atoms with Crippen molar-refractivity contribution < 1.29 is 13.3 Å². The Labute approximate surface area is 150 Å². The maximum atomic E-state index is 6.06. The van der Waals surface area contributed by atoms with Gasteiger partial charge in [0.15, 0.2) is 0 Å². The lowest BCUT2D eigenvalue weighted by atomic mass is 10.4. The third-order valence-corrected chi connectivity index (χ3v) is 11.8. The van der Waals surface area contributed by atoms with Crippen molar-refractivity contribution in [3.8, 4) is 0 Å². The van der Waals surface area contributed by atoms with Crippen LogP contribution < -0.4 is 5.19 Å². The molecule has 1 aromatic rings. The molecule has 0 aliphatic carbocycles.